The summed E-state index contributed by atoms with van der Waals surface area (Å²) < 4.78 is 26.1. The number of benzene rings is 1. The highest BCUT2D eigenvalue weighted by atomic mass is 19.2. The van der Waals surface area contributed by atoms with Crippen molar-refractivity contribution in [3.05, 3.63) is 29.8 Å². The highest BCUT2D eigenvalue weighted by Crippen LogP contribution is 2.28. The highest BCUT2D eigenvalue weighted by molar-refractivity contribution is 6.06. The first-order valence-corrected chi connectivity index (χ1v) is 6.14. The minimum absolute atomic E-state index is 0.111. The molecule has 0 aromatic heterocycles. The van der Waals surface area contributed by atoms with Crippen LogP contribution in [0.3, 0.4) is 0 Å². The fraction of sp³-hybridized carbons (Fsp3) is 0.385. The molecule has 2 aliphatic rings. The molecule has 19 heavy (non-hydrogen) atoms. The number of carbonyl (C=O) groups is 2. The molecule has 0 N–H and O–H groups in total. The van der Waals surface area contributed by atoms with Gasteiger partial charge in [0, 0.05) is 18.3 Å². The van der Waals surface area contributed by atoms with Gasteiger partial charge in [-0.2, -0.15) is 0 Å². The minimum atomic E-state index is -1.02. The molecule has 2 aliphatic heterocycles. The first kappa shape index (κ1) is 12.1. The van der Waals surface area contributed by atoms with E-state index in [4.69, 9.17) is 0 Å². The molecule has 2 saturated heterocycles. The van der Waals surface area contributed by atoms with Crippen LogP contribution in [0.15, 0.2) is 18.2 Å². The van der Waals surface area contributed by atoms with Gasteiger partial charge in [-0.25, -0.2) is 8.78 Å². The monoisotopic (exact) mass is 266 g/mol. The number of carbonyl (C=O) groups excluding carboxylic acids is 2. The predicted molar refractivity (Wildman–Crippen MR) is 63.4 cm³/mol. The van der Waals surface area contributed by atoms with Crippen molar-refractivity contribution in [3.8, 4) is 0 Å². The van der Waals surface area contributed by atoms with Gasteiger partial charge in [-0.15, -0.1) is 0 Å². The normalized spacial score (nSPS) is 22.9. The van der Waals surface area contributed by atoms with E-state index >= 15 is 0 Å². The molecule has 1 unspecified atom stereocenters. The lowest BCUT2D eigenvalue weighted by atomic mass is 10.1. The van der Waals surface area contributed by atoms with Crippen molar-refractivity contribution < 1.29 is 18.4 Å². The van der Waals surface area contributed by atoms with E-state index in [1.165, 1.54) is 11.0 Å². The van der Waals surface area contributed by atoms with Crippen molar-refractivity contribution in [1.82, 2.24) is 4.90 Å². The van der Waals surface area contributed by atoms with Gasteiger partial charge in [-0.1, -0.05) is 0 Å². The quantitative estimate of drug-likeness (QED) is 0.768. The van der Waals surface area contributed by atoms with Crippen LogP contribution >= 0.6 is 0 Å². The first-order valence-electron chi connectivity index (χ1n) is 6.14. The van der Waals surface area contributed by atoms with Gasteiger partial charge in [0.05, 0.1) is 0 Å². The van der Waals surface area contributed by atoms with Crippen molar-refractivity contribution >= 4 is 17.5 Å². The Hall–Kier alpha value is -1.98. The van der Waals surface area contributed by atoms with Crippen LogP contribution in [-0.4, -0.2) is 35.8 Å². The third-order valence-electron chi connectivity index (χ3n) is 3.63. The Morgan fingerprint density at radius 1 is 1.16 bits per heavy atom. The number of halogens is 2. The lowest BCUT2D eigenvalue weighted by Crippen LogP contribution is -2.57. The fourth-order valence-corrected chi connectivity index (χ4v) is 2.68. The molecule has 0 saturated carbocycles. The van der Waals surface area contributed by atoms with Crippen molar-refractivity contribution in [2.75, 3.05) is 18.0 Å². The lowest BCUT2D eigenvalue weighted by molar-refractivity contribution is -0.140. The van der Waals surface area contributed by atoms with Gasteiger partial charge in [0.25, 0.3) is 0 Å². The van der Waals surface area contributed by atoms with E-state index in [0.29, 0.717) is 13.0 Å². The molecule has 3 rings (SSSR count). The Bertz CT molecular complexity index is 562. The number of rotatable bonds is 1. The summed E-state index contributed by atoms with van der Waals surface area (Å²) in [6.45, 7) is 0.487. The largest absolute Gasteiger partial charge is 0.329 e. The van der Waals surface area contributed by atoms with Gasteiger partial charge in [0.1, 0.15) is 12.6 Å². The molecule has 2 heterocycles. The number of amides is 2. The number of nitrogens with zero attached hydrogens (tertiary/aromatic N) is 2. The van der Waals surface area contributed by atoms with E-state index in [0.717, 1.165) is 18.6 Å². The summed E-state index contributed by atoms with van der Waals surface area (Å²) in [7, 11) is 0. The zero-order chi connectivity index (χ0) is 13.6. The van der Waals surface area contributed by atoms with Crippen LogP contribution < -0.4 is 4.90 Å². The fourth-order valence-electron chi connectivity index (χ4n) is 2.68. The molecular weight excluding hydrogens is 254 g/mol. The van der Waals surface area contributed by atoms with E-state index in [1.54, 1.807) is 4.90 Å². The zero-order valence-corrected chi connectivity index (χ0v) is 10.1. The third kappa shape index (κ3) is 1.87. The van der Waals surface area contributed by atoms with Crippen LogP contribution in [0.1, 0.15) is 12.8 Å². The standard InChI is InChI=1S/C13H12F2N2O2/c14-9-4-3-8(6-10(9)15)17-7-12(18)16-5-1-2-11(16)13(17)19/h3-4,6,11H,1-2,5,7H2. The van der Waals surface area contributed by atoms with Gasteiger partial charge < -0.3 is 9.80 Å². The molecule has 6 heteroatoms. The molecule has 1 aromatic carbocycles. The number of piperazine rings is 1. The number of fused-ring (bicyclic) bond motifs is 1. The Balaban J connectivity index is 1.94. The van der Waals surface area contributed by atoms with Crippen LogP contribution in [0, 0.1) is 11.6 Å². The van der Waals surface area contributed by atoms with Gasteiger partial charge in [-0.3, -0.25) is 9.59 Å². The zero-order valence-electron chi connectivity index (χ0n) is 10.1. The summed E-state index contributed by atoms with van der Waals surface area (Å²) in [6, 6.07) is 2.78. The van der Waals surface area contributed by atoms with Crippen LogP contribution in [0.2, 0.25) is 0 Å². The lowest BCUT2D eigenvalue weighted by Gasteiger charge is -2.36. The van der Waals surface area contributed by atoms with Gasteiger partial charge in [0.15, 0.2) is 11.6 Å². The molecule has 4 nitrogen and oxygen atoms in total. The van der Waals surface area contributed by atoms with Crippen LogP contribution in [0.25, 0.3) is 0 Å². The van der Waals surface area contributed by atoms with Crippen molar-refractivity contribution in [1.29, 1.82) is 0 Å². The van der Waals surface area contributed by atoms with Crippen LogP contribution in [0.5, 0.6) is 0 Å². The van der Waals surface area contributed by atoms with Crippen molar-refractivity contribution in [3.63, 3.8) is 0 Å². The second kappa shape index (κ2) is 4.29. The third-order valence-corrected chi connectivity index (χ3v) is 3.63. The molecule has 1 atom stereocenters. The smallest absolute Gasteiger partial charge is 0.250 e. The first-order chi connectivity index (χ1) is 9.08. The van der Waals surface area contributed by atoms with Gasteiger partial charge in [-0.05, 0) is 25.0 Å². The Morgan fingerprint density at radius 2 is 1.95 bits per heavy atom. The van der Waals surface area contributed by atoms with Crippen LogP contribution in [0.4, 0.5) is 14.5 Å². The maximum absolute atomic E-state index is 13.2. The number of hydrogen-bond acceptors (Lipinski definition) is 2. The van der Waals surface area contributed by atoms with Gasteiger partial charge >= 0.3 is 0 Å². The molecule has 0 aliphatic carbocycles. The van der Waals surface area contributed by atoms with Crippen molar-refractivity contribution in [2.45, 2.75) is 18.9 Å². The van der Waals surface area contributed by atoms with E-state index in [1.807, 2.05) is 0 Å². The van der Waals surface area contributed by atoms with Crippen LogP contribution in [-0.2, 0) is 9.59 Å². The number of hydrogen-bond donors (Lipinski definition) is 0. The predicted octanol–water partition coefficient (Wildman–Crippen LogP) is 1.30. The average Bonchev–Trinajstić information content (AvgIpc) is 2.87. The van der Waals surface area contributed by atoms with Crippen molar-refractivity contribution in [2.24, 2.45) is 0 Å². The Labute approximate surface area is 108 Å². The molecule has 1 aromatic rings. The highest BCUT2D eigenvalue weighted by Gasteiger charge is 2.42. The summed E-state index contributed by atoms with van der Waals surface area (Å²) in [4.78, 5) is 27.0. The Morgan fingerprint density at radius 3 is 2.68 bits per heavy atom. The molecular formula is C13H12F2N2O2. The summed E-state index contributed by atoms with van der Waals surface area (Å²) in [5, 5.41) is 0. The summed E-state index contributed by atoms with van der Waals surface area (Å²) >= 11 is 0. The summed E-state index contributed by atoms with van der Waals surface area (Å²) in [6.07, 6.45) is 1.43. The summed E-state index contributed by atoms with van der Waals surface area (Å²) in [5.41, 5.74) is 0.226. The Kier molecular flexibility index (Phi) is 2.73. The molecule has 2 fully saturated rings. The number of anilines is 1. The molecule has 0 spiro atoms. The molecule has 0 radical (unpaired) electrons. The van der Waals surface area contributed by atoms with E-state index in [-0.39, 0.29) is 24.0 Å². The molecule has 100 valence electrons. The molecule has 0 bridgehead atoms. The van der Waals surface area contributed by atoms with E-state index in [9.17, 15) is 18.4 Å². The van der Waals surface area contributed by atoms with E-state index in [2.05, 4.69) is 0 Å². The maximum atomic E-state index is 13.2. The maximum Gasteiger partial charge on any atom is 0.250 e. The van der Waals surface area contributed by atoms with E-state index < -0.39 is 17.7 Å². The van der Waals surface area contributed by atoms with Gasteiger partial charge in [0.2, 0.25) is 11.8 Å². The molecule has 2 amide bonds. The SMILES string of the molecule is O=C1C2CCCN2C(=O)CN1c1ccc(F)c(F)c1. The summed E-state index contributed by atoms with van der Waals surface area (Å²) in [5.74, 6) is -2.36. The second-order valence-electron chi connectivity index (χ2n) is 4.77. The average molecular weight is 266 g/mol. The topological polar surface area (TPSA) is 40.6 Å². The minimum Gasteiger partial charge on any atom is -0.329 e. The second-order valence-corrected chi connectivity index (χ2v) is 4.77.